The van der Waals surface area contributed by atoms with Crippen LogP contribution in [-0.4, -0.2) is 23.9 Å². The van der Waals surface area contributed by atoms with E-state index >= 15 is 0 Å². The van der Waals surface area contributed by atoms with Crippen molar-refractivity contribution in [2.75, 3.05) is 13.2 Å². The molecule has 0 aliphatic carbocycles. The van der Waals surface area contributed by atoms with Gasteiger partial charge in [-0.25, -0.2) is 5.01 Å². The summed E-state index contributed by atoms with van der Waals surface area (Å²) in [5, 5.41) is 7.74. The number of benzene rings is 3. The number of ether oxygens (including phenoxy) is 3. The first-order valence-electron chi connectivity index (χ1n) is 10.9. The van der Waals surface area contributed by atoms with Crippen LogP contribution in [0.4, 0.5) is 0 Å². The van der Waals surface area contributed by atoms with Crippen LogP contribution < -0.4 is 14.2 Å². The number of para-hydroxylation sites is 1. The van der Waals surface area contributed by atoms with Gasteiger partial charge in [-0.05, 0) is 61.9 Å². The molecule has 0 saturated heterocycles. The zero-order chi connectivity index (χ0) is 22.1. The number of rotatable bonds is 6. The van der Waals surface area contributed by atoms with Gasteiger partial charge in [-0.1, -0.05) is 35.9 Å². The van der Waals surface area contributed by atoms with E-state index in [4.69, 9.17) is 30.9 Å². The molecule has 0 bridgehead atoms. The Morgan fingerprint density at radius 2 is 1.78 bits per heavy atom. The van der Waals surface area contributed by atoms with Crippen LogP contribution in [0.5, 0.6) is 17.2 Å². The number of hydrazone groups is 1. The minimum Gasteiger partial charge on any atom is -0.494 e. The molecule has 0 spiro atoms. The predicted octanol–water partition coefficient (Wildman–Crippen LogP) is 6.38. The summed E-state index contributed by atoms with van der Waals surface area (Å²) in [6.45, 7) is 5.18. The predicted molar refractivity (Wildman–Crippen MR) is 126 cm³/mol. The standard InChI is InChI=1S/C26H25ClN2O3/c1-3-30-20-13-11-17(12-14-20)22-16-23-21-9-6-10-24(31-4-2)25(21)32-26(29(23)28-22)18-7-5-8-19(27)15-18/h5-15,23,26H,3-4,16H2,1-2H3. The molecule has 32 heavy (non-hydrogen) atoms. The Kier molecular flexibility index (Phi) is 5.66. The lowest BCUT2D eigenvalue weighted by Gasteiger charge is -2.38. The Labute approximate surface area is 193 Å². The molecule has 164 valence electrons. The molecule has 2 atom stereocenters. The van der Waals surface area contributed by atoms with Gasteiger partial charge in [-0.3, -0.25) is 0 Å². The van der Waals surface area contributed by atoms with E-state index in [0.29, 0.717) is 18.2 Å². The number of nitrogens with zero attached hydrogens (tertiary/aromatic N) is 2. The maximum Gasteiger partial charge on any atom is 0.214 e. The molecule has 6 heteroatoms. The monoisotopic (exact) mass is 448 g/mol. The summed E-state index contributed by atoms with van der Waals surface area (Å²) in [4.78, 5) is 0. The maximum atomic E-state index is 6.52. The molecular formula is C26H25ClN2O3. The Hall–Kier alpha value is -3.18. The molecule has 2 unspecified atom stereocenters. The number of hydrogen-bond acceptors (Lipinski definition) is 5. The number of halogens is 1. The van der Waals surface area contributed by atoms with E-state index in [1.807, 2.05) is 62.4 Å². The van der Waals surface area contributed by atoms with Crippen LogP contribution in [0.15, 0.2) is 71.8 Å². The second-order valence-corrected chi connectivity index (χ2v) is 8.17. The average Bonchev–Trinajstić information content (AvgIpc) is 3.25. The van der Waals surface area contributed by atoms with E-state index in [-0.39, 0.29) is 6.04 Å². The van der Waals surface area contributed by atoms with Crippen LogP contribution in [0.1, 0.15) is 49.2 Å². The van der Waals surface area contributed by atoms with Crippen LogP contribution in [0.3, 0.4) is 0 Å². The maximum absolute atomic E-state index is 6.52. The topological polar surface area (TPSA) is 43.3 Å². The minimum atomic E-state index is -0.395. The molecule has 2 heterocycles. The van der Waals surface area contributed by atoms with Crippen molar-refractivity contribution < 1.29 is 14.2 Å². The Morgan fingerprint density at radius 3 is 2.53 bits per heavy atom. The number of fused-ring (bicyclic) bond motifs is 3. The molecule has 0 aromatic heterocycles. The molecule has 2 aliphatic heterocycles. The lowest BCUT2D eigenvalue weighted by Crippen LogP contribution is -2.33. The molecule has 0 saturated carbocycles. The van der Waals surface area contributed by atoms with Gasteiger partial charge in [0, 0.05) is 22.6 Å². The summed E-state index contributed by atoms with van der Waals surface area (Å²) >= 11 is 6.31. The van der Waals surface area contributed by atoms with Gasteiger partial charge < -0.3 is 14.2 Å². The lowest BCUT2D eigenvalue weighted by atomic mass is 9.95. The second-order valence-electron chi connectivity index (χ2n) is 7.74. The SMILES string of the molecule is CCOc1ccc(C2=NN3C(C2)c2cccc(OCC)c2OC3c2cccc(Cl)c2)cc1. The van der Waals surface area contributed by atoms with E-state index in [0.717, 1.165) is 46.1 Å². The summed E-state index contributed by atoms with van der Waals surface area (Å²) in [5.74, 6) is 2.40. The zero-order valence-corrected chi connectivity index (χ0v) is 18.9. The Bertz CT molecular complexity index is 1150. The molecule has 0 amide bonds. The van der Waals surface area contributed by atoms with Gasteiger partial charge in [0.15, 0.2) is 11.5 Å². The Morgan fingerprint density at radius 1 is 1.00 bits per heavy atom. The summed E-state index contributed by atoms with van der Waals surface area (Å²) in [6.07, 6.45) is 0.379. The fourth-order valence-electron chi connectivity index (χ4n) is 4.32. The van der Waals surface area contributed by atoms with E-state index in [9.17, 15) is 0 Å². The van der Waals surface area contributed by atoms with E-state index in [1.54, 1.807) is 0 Å². The summed E-state index contributed by atoms with van der Waals surface area (Å²) in [5.41, 5.74) is 4.13. The van der Waals surface area contributed by atoms with Gasteiger partial charge in [0.1, 0.15) is 5.75 Å². The largest absolute Gasteiger partial charge is 0.494 e. The smallest absolute Gasteiger partial charge is 0.214 e. The van der Waals surface area contributed by atoms with Gasteiger partial charge in [-0.15, -0.1) is 0 Å². The zero-order valence-electron chi connectivity index (χ0n) is 18.1. The van der Waals surface area contributed by atoms with Crippen LogP contribution in [0, 0.1) is 0 Å². The first-order chi connectivity index (χ1) is 15.7. The van der Waals surface area contributed by atoms with Gasteiger partial charge in [0.05, 0.1) is 25.0 Å². The van der Waals surface area contributed by atoms with Crippen LogP contribution >= 0.6 is 11.6 Å². The Balaban J connectivity index is 1.56. The molecule has 5 nitrogen and oxygen atoms in total. The minimum absolute atomic E-state index is 0.0460. The third kappa shape index (κ3) is 3.78. The average molecular weight is 449 g/mol. The molecule has 3 aromatic rings. The second kappa shape index (κ2) is 8.75. The normalized spacial score (nSPS) is 19.0. The highest BCUT2D eigenvalue weighted by Crippen LogP contribution is 2.50. The lowest BCUT2D eigenvalue weighted by molar-refractivity contribution is -0.0212. The third-order valence-electron chi connectivity index (χ3n) is 5.71. The highest BCUT2D eigenvalue weighted by Gasteiger charge is 2.42. The van der Waals surface area contributed by atoms with Crippen molar-refractivity contribution in [3.63, 3.8) is 0 Å². The van der Waals surface area contributed by atoms with Crippen molar-refractivity contribution in [1.82, 2.24) is 5.01 Å². The van der Waals surface area contributed by atoms with Gasteiger partial charge in [0.2, 0.25) is 6.23 Å². The van der Waals surface area contributed by atoms with Crippen molar-refractivity contribution in [3.8, 4) is 17.2 Å². The first kappa shape index (κ1) is 20.7. The van der Waals surface area contributed by atoms with E-state index < -0.39 is 6.23 Å². The highest BCUT2D eigenvalue weighted by atomic mass is 35.5. The number of hydrogen-bond donors (Lipinski definition) is 0. The van der Waals surface area contributed by atoms with Crippen LogP contribution in [-0.2, 0) is 0 Å². The van der Waals surface area contributed by atoms with Gasteiger partial charge in [-0.2, -0.15) is 5.10 Å². The molecule has 0 N–H and O–H groups in total. The van der Waals surface area contributed by atoms with Crippen molar-refractivity contribution in [2.45, 2.75) is 32.5 Å². The van der Waals surface area contributed by atoms with Crippen molar-refractivity contribution in [2.24, 2.45) is 5.10 Å². The van der Waals surface area contributed by atoms with E-state index in [2.05, 4.69) is 23.2 Å². The summed E-state index contributed by atoms with van der Waals surface area (Å²) in [6, 6.07) is 22.0. The van der Waals surface area contributed by atoms with Crippen LogP contribution in [0.25, 0.3) is 0 Å². The van der Waals surface area contributed by atoms with Crippen molar-refractivity contribution in [1.29, 1.82) is 0 Å². The third-order valence-corrected chi connectivity index (χ3v) is 5.95. The molecule has 3 aromatic carbocycles. The van der Waals surface area contributed by atoms with Crippen molar-refractivity contribution in [3.05, 3.63) is 88.4 Å². The molecular weight excluding hydrogens is 424 g/mol. The molecule has 0 fully saturated rings. The molecule has 5 rings (SSSR count). The highest BCUT2D eigenvalue weighted by molar-refractivity contribution is 6.30. The molecule has 0 radical (unpaired) electrons. The summed E-state index contributed by atoms with van der Waals surface area (Å²) in [7, 11) is 0. The fraction of sp³-hybridized carbons (Fsp3) is 0.269. The van der Waals surface area contributed by atoms with E-state index in [1.165, 1.54) is 0 Å². The summed E-state index contributed by atoms with van der Waals surface area (Å²) < 4.78 is 18.0. The molecule has 2 aliphatic rings. The quantitative estimate of drug-likeness (QED) is 0.439. The van der Waals surface area contributed by atoms with Gasteiger partial charge in [0.25, 0.3) is 0 Å². The van der Waals surface area contributed by atoms with Crippen LogP contribution in [0.2, 0.25) is 5.02 Å². The van der Waals surface area contributed by atoms with Crippen molar-refractivity contribution >= 4 is 17.3 Å². The van der Waals surface area contributed by atoms with Gasteiger partial charge >= 0.3 is 0 Å². The fourth-order valence-corrected chi connectivity index (χ4v) is 4.52. The first-order valence-corrected chi connectivity index (χ1v) is 11.3.